The highest BCUT2D eigenvalue weighted by Crippen LogP contribution is 2.29. The van der Waals surface area contributed by atoms with Gasteiger partial charge in [-0.3, -0.25) is 4.79 Å². The largest absolute Gasteiger partial charge is 0.335 e. The van der Waals surface area contributed by atoms with E-state index in [0.29, 0.717) is 31.3 Å². The normalized spacial score (nSPS) is 13.9. The summed E-state index contributed by atoms with van der Waals surface area (Å²) in [5.41, 5.74) is 3.37. The molecule has 0 unspecified atom stereocenters. The molecule has 0 aromatic heterocycles. The first kappa shape index (κ1) is 17.7. The van der Waals surface area contributed by atoms with E-state index in [1.165, 1.54) is 23.3 Å². The molecule has 0 bridgehead atoms. The van der Waals surface area contributed by atoms with Crippen LogP contribution in [0, 0.1) is 5.82 Å². The maximum atomic E-state index is 13.3. The Hall–Kier alpha value is -2.16. The monoisotopic (exact) mass is 339 g/mol. The average molecular weight is 339 g/mol. The number of hydrogen-bond donors (Lipinski definition) is 0. The second-order valence-electron chi connectivity index (χ2n) is 7.28. The summed E-state index contributed by atoms with van der Waals surface area (Å²) in [5, 5.41) is 0. The van der Waals surface area contributed by atoms with E-state index in [-0.39, 0.29) is 11.7 Å². The van der Waals surface area contributed by atoms with Gasteiger partial charge in [0.15, 0.2) is 0 Å². The lowest BCUT2D eigenvalue weighted by Crippen LogP contribution is -2.32. The van der Waals surface area contributed by atoms with Gasteiger partial charge in [-0.05, 0) is 54.0 Å². The van der Waals surface area contributed by atoms with Crippen LogP contribution in [0.4, 0.5) is 4.39 Å². The molecule has 0 aliphatic heterocycles. The van der Waals surface area contributed by atoms with Crippen molar-refractivity contribution in [1.82, 2.24) is 4.90 Å². The van der Waals surface area contributed by atoms with Crippen molar-refractivity contribution in [2.45, 2.75) is 58.0 Å². The summed E-state index contributed by atoms with van der Waals surface area (Å²) < 4.78 is 13.3. The van der Waals surface area contributed by atoms with Crippen LogP contribution < -0.4 is 0 Å². The summed E-state index contributed by atoms with van der Waals surface area (Å²) in [4.78, 5) is 14.7. The van der Waals surface area contributed by atoms with Gasteiger partial charge in [0.25, 0.3) is 0 Å². The molecular weight excluding hydrogens is 313 g/mol. The van der Waals surface area contributed by atoms with Crippen molar-refractivity contribution >= 4 is 5.91 Å². The summed E-state index contributed by atoms with van der Waals surface area (Å²) in [7, 11) is 0. The average Bonchev–Trinajstić information content (AvgIpc) is 3.43. The molecule has 3 rings (SSSR count). The quantitative estimate of drug-likeness (QED) is 0.689. The molecule has 1 aliphatic rings. The molecule has 1 aliphatic carbocycles. The second-order valence-corrected chi connectivity index (χ2v) is 7.28. The predicted molar refractivity (Wildman–Crippen MR) is 98.8 cm³/mol. The van der Waals surface area contributed by atoms with Gasteiger partial charge in [-0.1, -0.05) is 50.2 Å². The predicted octanol–water partition coefficient (Wildman–Crippen LogP) is 5.07. The van der Waals surface area contributed by atoms with Crippen LogP contribution in [0.3, 0.4) is 0 Å². The Kier molecular flexibility index (Phi) is 5.52. The summed E-state index contributed by atoms with van der Waals surface area (Å²) >= 11 is 0. The van der Waals surface area contributed by atoms with Crippen molar-refractivity contribution in [1.29, 1.82) is 0 Å². The number of hydrogen-bond acceptors (Lipinski definition) is 1. The molecule has 0 spiro atoms. The third-order valence-electron chi connectivity index (χ3n) is 4.82. The van der Waals surface area contributed by atoms with Crippen molar-refractivity contribution < 1.29 is 9.18 Å². The van der Waals surface area contributed by atoms with E-state index in [1.807, 2.05) is 11.0 Å². The summed E-state index contributed by atoms with van der Waals surface area (Å²) in [5.74, 6) is 0.440. The Morgan fingerprint density at radius 2 is 1.84 bits per heavy atom. The Morgan fingerprint density at radius 1 is 1.12 bits per heavy atom. The van der Waals surface area contributed by atoms with E-state index < -0.39 is 0 Å². The van der Waals surface area contributed by atoms with Gasteiger partial charge >= 0.3 is 0 Å². The third-order valence-corrected chi connectivity index (χ3v) is 4.82. The third kappa shape index (κ3) is 4.91. The molecule has 0 atom stereocenters. The van der Waals surface area contributed by atoms with Crippen molar-refractivity contribution in [2.24, 2.45) is 0 Å². The lowest BCUT2D eigenvalue weighted by atomic mass is 10.0. The van der Waals surface area contributed by atoms with E-state index in [0.717, 1.165) is 18.4 Å². The maximum Gasteiger partial charge on any atom is 0.223 e. The van der Waals surface area contributed by atoms with Crippen molar-refractivity contribution in [2.75, 3.05) is 0 Å². The molecule has 0 radical (unpaired) electrons. The van der Waals surface area contributed by atoms with Gasteiger partial charge in [0, 0.05) is 19.0 Å². The molecule has 0 saturated heterocycles. The first-order valence-corrected chi connectivity index (χ1v) is 9.15. The molecule has 25 heavy (non-hydrogen) atoms. The van der Waals surface area contributed by atoms with Crippen LogP contribution in [0.5, 0.6) is 0 Å². The molecule has 0 heterocycles. The number of carbonyl (C=O) groups excluding carboxylic acids is 1. The maximum absolute atomic E-state index is 13.3. The lowest BCUT2D eigenvalue weighted by molar-refractivity contribution is -0.132. The summed E-state index contributed by atoms with van der Waals surface area (Å²) in [6.45, 7) is 5.04. The number of amides is 1. The minimum Gasteiger partial charge on any atom is -0.335 e. The zero-order valence-corrected chi connectivity index (χ0v) is 15.0. The van der Waals surface area contributed by atoms with Crippen LogP contribution in [-0.2, 0) is 17.8 Å². The zero-order valence-electron chi connectivity index (χ0n) is 15.0. The highest BCUT2D eigenvalue weighted by atomic mass is 19.1. The molecule has 1 amide bonds. The number of rotatable bonds is 7. The van der Waals surface area contributed by atoms with Crippen molar-refractivity contribution in [3.8, 4) is 0 Å². The minimum absolute atomic E-state index is 0.166. The molecule has 3 heteroatoms. The van der Waals surface area contributed by atoms with Crippen LogP contribution >= 0.6 is 0 Å². The Balaban J connectivity index is 1.61. The molecule has 2 aromatic rings. The van der Waals surface area contributed by atoms with E-state index in [4.69, 9.17) is 0 Å². The Morgan fingerprint density at radius 3 is 2.44 bits per heavy atom. The fourth-order valence-corrected chi connectivity index (χ4v) is 3.10. The van der Waals surface area contributed by atoms with Crippen LogP contribution in [0.2, 0.25) is 0 Å². The van der Waals surface area contributed by atoms with Gasteiger partial charge in [-0.15, -0.1) is 0 Å². The number of aryl methyl sites for hydroxylation is 1. The summed E-state index contributed by atoms with van der Waals surface area (Å²) in [6.07, 6.45) is 3.21. The van der Waals surface area contributed by atoms with Crippen LogP contribution in [-0.4, -0.2) is 16.8 Å². The van der Waals surface area contributed by atoms with E-state index in [1.54, 1.807) is 6.07 Å². The highest BCUT2D eigenvalue weighted by Gasteiger charge is 2.32. The van der Waals surface area contributed by atoms with Crippen LogP contribution in [0.25, 0.3) is 0 Å². The number of halogens is 1. The molecule has 2 aromatic carbocycles. The number of benzene rings is 2. The van der Waals surface area contributed by atoms with Gasteiger partial charge in [-0.25, -0.2) is 4.39 Å². The first-order chi connectivity index (χ1) is 12.0. The minimum atomic E-state index is -0.241. The van der Waals surface area contributed by atoms with Gasteiger partial charge in [0.05, 0.1) is 0 Å². The first-order valence-electron chi connectivity index (χ1n) is 9.15. The summed E-state index contributed by atoms with van der Waals surface area (Å²) in [6, 6.07) is 15.5. The Bertz CT molecular complexity index is 719. The Labute approximate surface area is 149 Å². The fourth-order valence-electron chi connectivity index (χ4n) is 3.10. The fraction of sp³-hybridized carbons (Fsp3) is 0.409. The topological polar surface area (TPSA) is 20.3 Å². The van der Waals surface area contributed by atoms with Gasteiger partial charge < -0.3 is 4.90 Å². The van der Waals surface area contributed by atoms with E-state index in [9.17, 15) is 9.18 Å². The van der Waals surface area contributed by atoms with Gasteiger partial charge in [0.2, 0.25) is 5.91 Å². The van der Waals surface area contributed by atoms with Crippen molar-refractivity contribution in [3.05, 3.63) is 71.0 Å². The molecule has 0 N–H and O–H groups in total. The smallest absolute Gasteiger partial charge is 0.223 e. The number of carbonyl (C=O) groups is 1. The van der Waals surface area contributed by atoms with Gasteiger partial charge in [-0.2, -0.15) is 0 Å². The molecule has 2 nitrogen and oxygen atoms in total. The van der Waals surface area contributed by atoms with E-state index >= 15 is 0 Å². The number of nitrogens with zero attached hydrogens (tertiary/aromatic N) is 1. The SMILES string of the molecule is CC(C)c1ccc(CN(C(=O)CCc2cccc(F)c2)C2CC2)cc1. The lowest BCUT2D eigenvalue weighted by Gasteiger charge is -2.23. The standard InChI is InChI=1S/C22H26FNO/c1-16(2)19-9-6-18(7-10-19)15-24(21-11-12-21)22(25)13-8-17-4-3-5-20(23)14-17/h3-7,9-10,14,16,21H,8,11-13,15H2,1-2H3. The van der Waals surface area contributed by atoms with E-state index in [2.05, 4.69) is 38.1 Å². The second kappa shape index (κ2) is 7.81. The van der Waals surface area contributed by atoms with Crippen molar-refractivity contribution in [3.63, 3.8) is 0 Å². The molecule has 1 saturated carbocycles. The van der Waals surface area contributed by atoms with Crippen LogP contribution in [0.1, 0.15) is 55.7 Å². The van der Waals surface area contributed by atoms with Gasteiger partial charge in [0.1, 0.15) is 5.82 Å². The highest BCUT2D eigenvalue weighted by molar-refractivity contribution is 5.77. The molecule has 1 fully saturated rings. The molecular formula is C22H26FNO. The molecule has 132 valence electrons. The zero-order chi connectivity index (χ0) is 17.8. The van der Waals surface area contributed by atoms with Crippen LogP contribution in [0.15, 0.2) is 48.5 Å².